The molecule has 128 valence electrons. The van der Waals surface area contributed by atoms with Crippen molar-refractivity contribution >= 4 is 22.7 Å². The SMILES string of the molecule is Cc1nsc(N2CCCN(C(=O)NCc3ccccc3C)CC2)n1. The fourth-order valence-electron chi connectivity index (χ4n) is 2.82. The molecule has 1 aromatic carbocycles. The molecule has 0 atom stereocenters. The number of nitrogens with zero attached hydrogens (tertiary/aromatic N) is 4. The average molecular weight is 345 g/mol. The van der Waals surface area contributed by atoms with E-state index in [4.69, 9.17) is 0 Å². The van der Waals surface area contributed by atoms with Gasteiger partial charge >= 0.3 is 6.03 Å². The lowest BCUT2D eigenvalue weighted by Gasteiger charge is -2.22. The first-order valence-electron chi connectivity index (χ1n) is 8.26. The molecule has 1 fully saturated rings. The predicted octanol–water partition coefficient (Wildman–Crippen LogP) is 2.58. The number of aromatic nitrogens is 2. The lowest BCUT2D eigenvalue weighted by molar-refractivity contribution is 0.201. The molecule has 2 amide bonds. The number of nitrogens with one attached hydrogen (secondary N) is 1. The van der Waals surface area contributed by atoms with Crippen molar-refractivity contribution in [1.82, 2.24) is 19.6 Å². The van der Waals surface area contributed by atoms with Gasteiger partial charge in [0.15, 0.2) is 0 Å². The second-order valence-electron chi connectivity index (χ2n) is 6.04. The predicted molar refractivity (Wildman–Crippen MR) is 96.5 cm³/mol. The summed E-state index contributed by atoms with van der Waals surface area (Å²) in [6.45, 7) is 7.73. The van der Waals surface area contributed by atoms with Crippen molar-refractivity contribution in [2.45, 2.75) is 26.8 Å². The molecule has 0 unspecified atom stereocenters. The summed E-state index contributed by atoms with van der Waals surface area (Å²) in [5.41, 5.74) is 2.36. The molecule has 6 nitrogen and oxygen atoms in total. The first kappa shape index (κ1) is 16.7. The Balaban J connectivity index is 1.54. The Bertz CT molecular complexity index is 702. The Morgan fingerprint density at radius 2 is 2.04 bits per heavy atom. The number of aryl methyl sites for hydroxylation is 2. The van der Waals surface area contributed by atoms with E-state index in [9.17, 15) is 4.79 Å². The fourth-order valence-corrected chi connectivity index (χ4v) is 3.54. The number of carbonyl (C=O) groups is 1. The summed E-state index contributed by atoms with van der Waals surface area (Å²) in [4.78, 5) is 21.0. The molecule has 0 bridgehead atoms. The van der Waals surface area contributed by atoms with Crippen molar-refractivity contribution in [3.63, 3.8) is 0 Å². The molecule has 1 N–H and O–H groups in total. The highest BCUT2D eigenvalue weighted by Gasteiger charge is 2.20. The zero-order valence-electron chi connectivity index (χ0n) is 14.2. The zero-order valence-corrected chi connectivity index (χ0v) is 15.0. The molecule has 0 saturated carbocycles. The molecule has 24 heavy (non-hydrogen) atoms. The third kappa shape index (κ3) is 4.03. The zero-order chi connectivity index (χ0) is 16.9. The molecule has 2 aromatic rings. The van der Waals surface area contributed by atoms with E-state index in [1.165, 1.54) is 17.1 Å². The number of rotatable bonds is 3. The molecule has 1 aromatic heterocycles. The third-order valence-electron chi connectivity index (χ3n) is 4.26. The first-order valence-corrected chi connectivity index (χ1v) is 9.03. The van der Waals surface area contributed by atoms with Gasteiger partial charge in [-0.3, -0.25) is 0 Å². The van der Waals surface area contributed by atoms with E-state index in [-0.39, 0.29) is 6.03 Å². The van der Waals surface area contributed by atoms with E-state index >= 15 is 0 Å². The Hall–Kier alpha value is -2.15. The minimum absolute atomic E-state index is 0.00791. The molecule has 1 aliphatic rings. The quantitative estimate of drug-likeness (QED) is 0.929. The van der Waals surface area contributed by atoms with Crippen molar-refractivity contribution in [1.29, 1.82) is 0 Å². The summed E-state index contributed by atoms with van der Waals surface area (Å²) < 4.78 is 4.24. The van der Waals surface area contributed by atoms with Crippen LogP contribution in [0.1, 0.15) is 23.4 Å². The summed E-state index contributed by atoms with van der Waals surface area (Å²) in [6, 6.07) is 8.14. The molecular formula is C17H23N5OS. The van der Waals surface area contributed by atoms with Crippen LogP contribution in [0.15, 0.2) is 24.3 Å². The third-order valence-corrected chi connectivity index (χ3v) is 5.13. The summed E-state index contributed by atoms with van der Waals surface area (Å²) in [7, 11) is 0. The van der Waals surface area contributed by atoms with E-state index in [0.717, 1.165) is 42.6 Å². The van der Waals surface area contributed by atoms with Gasteiger partial charge in [0.2, 0.25) is 5.13 Å². The lowest BCUT2D eigenvalue weighted by Crippen LogP contribution is -2.41. The molecule has 0 radical (unpaired) electrons. The van der Waals surface area contributed by atoms with Gasteiger partial charge in [0.05, 0.1) is 0 Å². The maximum atomic E-state index is 12.5. The Labute approximate surface area is 146 Å². The van der Waals surface area contributed by atoms with Crippen LogP contribution in [0.4, 0.5) is 9.93 Å². The highest BCUT2D eigenvalue weighted by Crippen LogP contribution is 2.18. The van der Waals surface area contributed by atoms with Gasteiger partial charge in [-0.25, -0.2) is 9.78 Å². The number of carbonyl (C=O) groups excluding carboxylic acids is 1. The molecule has 1 aliphatic heterocycles. The molecular weight excluding hydrogens is 322 g/mol. The van der Waals surface area contributed by atoms with Gasteiger partial charge in [-0.1, -0.05) is 24.3 Å². The van der Waals surface area contributed by atoms with Gasteiger partial charge in [0.1, 0.15) is 5.82 Å². The minimum Gasteiger partial charge on any atom is -0.345 e. The van der Waals surface area contributed by atoms with Gasteiger partial charge in [-0.2, -0.15) is 4.37 Å². The van der Waals surface area contributed by atoms with Crippen LogP contribution in [-0.2, 0) is 6.54 Å². The second kappa shape index (κ2) is 7.61. The summed E-state index contributed by atoms with van der Waals surface area (Å²) >= 11 is 1.43. The van der Waals surface area contributed by atoms with Crippen LogP contribution < -0.4 is 10.2 Å². The van der Waals surface area contributed by atoms with Crippen LogP contribution in [0.5, 0.6) is 0 Å². The van der Waals surface area contributed by atoms with E-state index in [1.54, 1.807) is 0 Å². The van der Waals surface area contributed by atoms with E-state index in [0.29, 0.717) is 13.1 Å². The Kier molecular flexibility index (Phi) is 5.30. The molecule has 2 heterocycles. The normalized spacial score (nSPS) is 15.2. The molecule has 3 rings (SSSR count). The molecule has 0 spiro atoms. The summed E-state index contributed by atoms with van der Waals surface area (Å²) in [5, 5.41) is 3.99. The molecule has 1 saturated heterocycles. The lowest BCUT2D eigenvalue weighted by atomic mass is 10.1. The monoisotopic (exact) mass is 345 g/mol. The van der Waals surface area contributed by atoms with Gasteiger partial charge < -0.3 is 15.1 Å². The molecule has 0 aliphatic carbocycles. The van der Waals surface area contributed by atoms with Gasteiger partial charge in [0.25, 0.3) is 0 Å². The second-order valence-corrected chi connectivity index (χ2v) is 6.77. The maximum Gasteiger partial charge on any atom is 0.317 e. The maximum absolute atomic E-state index is 12.5. The minimum atomic E-state index is 0.00791. The largest absolute Gasteiger partial charge is 0.345 e. The summed E-state index contributed by atoms with van der Waals surface area (Å²) in [5.74, 6) is 0.812. The number of amides is 2. The summed E-state index contributed by atoms with van der Waals surface area (Å²) in [6.07, 6.45) is 0.941. The van der Waals surface area contributed by atoms with Crippen LogP contribution >= 0.6 is 11.5 Å². The average Bonchev–Trinajstić information content (AvgIpc) is 2.86. The number of urea groups is 1. The van der Waals surface area contributed by atoms with E-state index in [1.807, 2.05) is 24.0 Å². The van der Waals surface area contributed by atoms with Crippen LogP contribution in [-0.4, -0.2) is 46.5 Å². The van der Waals surface area contributed by atoms with E-state index < -0.39 is 0 Å². The standard InChI is InChI=1S/C17H23N5OS/c1-13-6-3-4-7-15(13)12-18-16(23)21-8-5-9-22(11-10-21)17-19-14(2)20-24-17/h3-4,6-7H,5,8-12H2,1-2H3,(H,18,23). The van der Waals surface area contributed by atoms with Crippen LogP contribution in [0.3, 0.4) is 0 Å². The van der Waals surface area contributed by atoms with Crippen molar-refractivity contribution in [2.24, 2.45) is 0 Å². The number of benzene rings is 1. The van der Waals surface area contributed by atoms with Crippen molar-refractivity contribution in [3.05, 3.63) is 41.2 Å². The highest BCUT2D eigenvalue weighted by atomic mass is 32.1. The van der Waals surface area contributed by atoms with Crippen LogP contribution in [0.25, 0.3) is 0 Å². The fraction of sp³-hybridized carbons (Fsp3) is 0.471. The van der Waals surface area contributed by atoms with Gasteiger partial charge in [0, 0.05) is 44.3 Å². The Morgan fingerprint density at radius 3 is 2.79 bits per heavy atom. The van der Waals surface area contributed by atoms with Crippen molar-refractivity contribution < 1.29 is 4.79 Å². The van der Waals surface area contributed by atoms with Crippen molar-refractivity contribution in [2.75, 3.05) is 31.1 Å². The van der Waals surface area contributed by atoms with Crippen molar-refractivity contribution in [3.8, 4) is 0 Å². The van der Waals surface area contributed by atoms with Crippen LogP contribution in [0.2, 0.25) is 0 Å². The topological polar surface area (TPSA) is 61.4 Å². The Morgan fingerprint density at radius 1 is 1.21 bits per heavy atom. The first-order chi connectivity index (χ1) is 11.6. The number of hydrogen-bond donors (Lipinski definition) is 1. The smallest absolute Gasteiger partial charge is 0.317 e. The number of anilines is 1. The number of hydrogen-bond acceptors (Lipinski definition) is 5. The van der Waals surface area contributed by atoms with Gasteiger partial charge in [-0.05, 0) is 31.4 Å². The van der Waals surface area contributed by atoms with E-state index in [2.05, 4.69) is 38.6 Å². The highest BCUT2D eigenvalue weighted by molar-refractivity contribution is 7.09. The molecule has 7 heteroatoms. The van der Waals surface area contributed by atoms with Gasteiger partial charge in [-0.15, -0.1) is 0 Å². The van der Waals surface area contributed by atoms with Crippen LogP contribution in [0, 0.1) is 13.8 Å².